The number of hydrogen-bond acceptors (Lipinski definition) is 4. The van der Waals surface area contributed by atoms with E-state index in [2.05, 4.69) is 4.90 Å². The number of nitrogens with zero attached hydrogens (tertiary/aromatic N) is 3. The van der Waals surface area contributed by atoms with E-state index in [1.54, 1.807) is 0 Å². The van der Waals surface area contributed by atoms with Gasteiger partial charge in [0.25, 0.3) is 0 Å². The highest BCUT2D eigenvalue weighted by Gasteiger charge is 2.30. The standard InChI is InChI=1S/C19H33N3O3/c23-15-16-6-11-20(12-7-16)17-4-3-10-22(14-17)19(25)8-13-21-9-2-1-5-18(21)24/h16-17,23H,1-15H2. The van der Waals surface area contributed by atoms with Crippen LogP contribution in [0.25, 0.3) is 0 Å². The van der Waals surface area contributed by atoms with Crippen molar-refractivity contribution in [3.8, 4) is 0 Å². The Morgan fingerprint density at radius 1 is 1.04 bits per heavy atom. The number of aliphatic hydroxyl groups excluding tert-OH is 1. The van der Waals surface area contributed by atoms with E-state index in [9.17, 15) is 14.7 Å². The molecule has 1 atom stereocenters. The monoisotopic (exact) mass is 351 g/mol. The van der Waals surface area contributed by atoms with Crippen LogP contribution in [-0.2, 0) is 9.59 Å². The van der Waals surface area contributed by atoms with Crippen molar-refractivity contribution >= 4 is 11.8 Å². The van der Waals surface area contributed by atoms with E-state index in [0.717, 1.165) is 71.2 Å². The maximum absolute atomic E-state index is 12.6. The van der Waals surface area contributed by atoms with Gasteiger partial charge in [0.05, 0.1) is 0 Å². The zero-order chi connectivity index (χ0) is 17.6. The third kappa shape index (κ3) is 4.94. The lowest BCUT2D eigenvalue weighted by Crippen LogP contribution is -2.52. The van der Waals surface area contributed by atoms with Gasteiger partial charge in [-0.3, -0.25) is 14.5 Å². The van der Waals surface area contributed by atoms with Crippen LogP contribution < -0.4 is 0 Å². The highest BCUT2D eigenvalue weighted by atomic mass is 16.3. The maximum Gasteiger partial charge on any atom is 0.224 e. The molecular formula is C19H33N3O3. The summed E-state index contributed by atoms with van der Waals surface area (Å²) in [6.45, 7) is 5.47. The topological polar surface area (TPSA) is 64.1 Å². The van der Waals surface area contributed by atoms with Gasteiger partial charge >= 0.3 is 0 Å². The van der Waals surface area contributed by atoms with Crippen molar-refractivity contribution in [1.82, 2.24) is 14.7 Å². The zero-order valence-corrected chi connectivity index (χ0v) is 15.4. The number of piperidine rings is 3. The van der Waals surface area contributed by atoms with Crippen molar-refractivity contribution in [3.63, 3.8) is 0 Å². The molecule has 3 heterocycles. The third-order valence-corrected chi connectivity index (χ3v) is 6.19. The van der Waals surface area contributed by atoms with Crippen LogP contribution in [0.15, 0.2) is 0 Å². The van der Waals surface area contributed by atoms with Crippen molar-refractivity contribution in [3.05, 3.63) is 0 Å². The predicted molar refractivity (Wildman–Crippen MR) is 96.0 cm³/mol. The van der Waals surface area contributed by atoms with Crippen LogP contribution in [0.5, 0.6) is 0 Å². The van der Waals surface area contributed by atoms with Crippen molar-refractivity contribution in [2.45, 2.75) is 57.4 Å². The van der Waals surface area contributed by atoms with Gasteiger partial charge in [0.1, 0.15) is 0 Å². The lowest BCUT2D eigenvalue weighted by Gasteiger charge is -2.42. The number of carbonyl (C=O) groups excluding carboxylic acids is 2. The quantitative estimate of drug-likeness (QED) is 0.805. The summed E-state index contributed by atoms with van der Waals surface area (Å²) < 4.78 is 0. The van der Waals surface area contributed by atoms with E-state index in [0.29, 0.717) is 38.0 Å². The molecule has 25 heavy (non-hydrogen) atoms. The minimum absolute atomic E-state index is 0.202. The summed E-state index contributed by atoms with van der Waals surface area (Å²) in [6, 6.07) is 0.467. The van der Waals surface area contributed by atoms with Crippen LogP contribution >= 0.6 is 0 Å². The molecule has 0 aliphatic carbocycles. The molecule has 3 aliphatic rings. The minimum atomic E-state index is 0.202. The molecule has 0 bridgehead atoms. The summed E-state index contributed by atoms with van der Waals surface area (Å²) in [5, 5.41) is 9.29. The fourth-order valence-electron chi connectivity index (χ4n) is 4.47. The normalized spacial score (nSPS) is 26.9. The molecule has 0 aromatic heterocycles. The first kappa shape index (κ1) is 18.6. The summed E-state index contributed by atoms with van der Waals surface area (Å²) in [5.74, 6) is 0.871. The second kappa shape index (κ2) is 8.99. The van der Waals surface area contributed by atoms with E-state index in [4.69, 9.17) is 0 Å². The number of rotatable bonds is 5. The summed E-state index contributed by atoms with van der Waals surface area (Å²) in [5.41, 5.74) is 0. The third-order valence-electron chi connectivity index (χ3n) is 6.19. The second-order valence-electron chi connectivity index (χ2n) is 7.89. The van der Waals surface area contributed by atoms with Crippen LogP contribution in [0.3, 0.4) is 0 Å². The average molecular weight is 351 g/mol. The molecule has 1 N–H and O–H groups in total. The number of likely N-dealkylation sites (tertiary alicyclic amines) is 3. The lowest BCUT2D eigenvalue weighted by atomic mass is 9.94. The Bertz CT molecular complexity index is 463. The molecule has 142 valence electrons. The molecule has 3 saturated heterocycles. The molecule has 2 amide bonds. The van der Waals surface area contributed by atoms with E-state index in [1.807, 2.05) is 9.80 Å². The Labute approximate surface area is 151 Å². The molecule has 0 saturated carbocycles. The Morgan fingerprint density at radius 3 is 2.56 bits per heavy atom. The smallest absolute Gasteiger partial charge is 0.224 e. The van der Waals surface area contributed by atoms with Gasteiger partial charge in [-0.25, -0.2) is 0 Å². The van der Waals surface area contributed by atoms with Gasteiger partial charge in [-0.05, 0) is 57.5 Å². The Hall–Kier alpha value is -1.14. The largest absolute Gasteiger partial charge is 0.396 e. The van der Waals surface area contributed by atoms with Gasteiger partial charge < -0.3 is 14.9 Å². The SMILES string of the molecule is O=C1CCCCN1CCC(=O)N1CCCC(N2CCC(CO)CC2)C1. The zero-order valence-electron chi connectivity index (χ0n) is 15.4. The van der Waals surface area contributed by atoms with Crippen molar-refractivity contribution in [2.24, 2.45) is 5.92 Å². The Balaban J connectivity index is 1.44. The van der Waals surface area contributed by atoms with Gasteiger partial charge in [0.15, 0.2) is 0 Å². The van der Waals surface area contributed by atoms with E-state index in [1.165, 1.54) is 0 Å². The molecule has 0 radical (unpaired) electrons. The van der Waals surface area contributed by atoms with Gasteiger partial charge in [-0.15, -0.1) is 0 Å². The summed E-state index contributed by atoms with van der Waals surface area (Å²) >= 11 is 0. The van der Waals surface area contributed by atoms with Crippen LogP contribution in [0, 0.1) is 5.92 Å². The number of carbonyl (C=O) groups is 2. The first-order valence-corrected chi connectivity index (χ1v) is 10.1. The molecule has 6 nitrogen and oxygen atoms in total. The predicted octanol–water partition coefficient (Wildman–Crippen LogP) is 1.08. The van der Waals surface area contributed by atoms with Crippen molar-refractivity contribution in [1.29, 1.82) is 0 Å². The van der Waals surface area contributed by atoms with Crippen molar-refractivity contribution in [2.75, 3.05) is 45.9 Å². The highest BCUT2D eigenvalue weighted by Crippen LogP contribution is 2.23. The van der Waals surface area contributed by atoms with Crippen molar-refractivity contribution < 1.29 is 14.7 Å². The average Bonchev–Trinajstić information content (AvgIpc) is 2.67. The first-order valence-electron chi connectivity index (χ1n) is 10.1. The summed E-state index contributed by atoms with van der Waals surface area (Å²) in [6.07, 6.45) is 7.53. The van der Waals surface area contributed by atoms with Gasteiger partial charge in [-0.1, -0.05) is 0 Å². The summed E-state index contributed by atoms with van der Waals surface area (Å²) in [4.78, 5) is 30.9. The van der Waals surface area contributed by atoms with Crippen LogP contribution in [0.1, 0.15) is 51.4 Å². The van der Waals surface area contributed by atoms with Gasteiger partial charge in [-0.2, -0.15) is 0 Å². The molecule has 0 aromatic carbocycles. The van der Waals surface area contributed by atoms with Gasteiger partial charge in [0, 0.05) is 51.7 Å². The summed E-state index contributed by atoms with van der Waals surface area (Å²) in [7, 11) is 0. The van der Waals surface area contributed by atoms with Crippen LogP contribution in [0.2, 0.25) is 0 Å². The van der Waals surface area contributed by atoms with Crippen LogP contribution in [0.4, 0.5) is 0 Å². The number of aliphatic hydroxyl groups is 1. The van der Waals surface area contributed by atoms with E-state index >= 15 is 0 Å². The number of amides is 2. The molecule has 3 rings (SSSR count). The van der Waals surface area contributed by atoms with Crippen LogP contribution in [-0.4, -0.2) is 83.5 Å². The molecule has 0 spiro atoms. The molecule has 3 aliphatic heterocycles. The fraction of sp³-hybridized carbons (Fsp3) is 0.895. The maximum atomic E-state index is 12.6. The number of hydrogen-bond donors (Lipinski definition) is 1. The molecular weight excluding hydrogens is 318 g/mol. The second-order valence-corrected chi connectivity index (χ2v) is 7.89. The Morgan fingerprint density at radius 2 is 1.84 bits per heavy atom. The Kier molecular flexibility index (Phi) is 6.70. The molecule has 1 unspecified atom stereocenters. The molecule has 0 aromatic rings. The minimum Gasteiger partial charge on any atom is -0.396 e. The fourth-order valence-corrected chi connectivity index (χ4v) is 4.47. The lowest BCUT2D eigenvalue weighted by molar-refractivity contribution is -0.136. The van der Waals surface area contributed by atoms with E-state index in [-0.39, 0.29) is 11.8 Å². The highest BCUT2D eigenvalue weighted by molar-refractivity contribution is 5.79. The first-order chi connectivity index (χ1) is 12.2. The molecule has 6 heteroatoms. The van der Waals surface area contributed by atoms with E-state index < -0.39 is 0 Å². The molecule has 3 fully saturated rings. The van der Waals surface area contributed by atoms with Gasteiger partial charge in [0.2, 0.25) is 11.8 Å².